The van der Waals surface area contributed by atoms with E-state index in [4.69, 9.17) is 9.47 Å². The lowest BCUT2D eigenvalue weighted by atomic mass is 9.66. The van der Waals surface area contributed by atoms with Gasteiger partial charge in [0.05, 0.1) is 11.0 Å². The van der Waals surface area contributed by atoms with Crippen LogP contribution >= 0.6 is 12.6 Å². The van der Waals surface area contributed by atoms with Crippen molar-refractivity contribution < 1.29 is 14.3 Å². The van der Waals surface area contributed by atoms with E-state index in [1.54, 1.807) is 7.11 Å². The molecule has 1 aromatic carbocycles. The van der Waals surface area contributed by atoms with Crippen LogP contribution in [0.2, 0.25) is 0 Å². The quantitative estimate of drug-likeness (QED) is 0.848. The van der Waals surface area contributed by atoms with E-state index in [2.05, 4.69) is 12.6 Å². The zero-order valence-electron chi connectivity index (χ0n) is 12.1. The molecule has 0 saturated carbocycles. The van der Waals surface area contributed by atoms with E-state index in [0.29, 0.717) is 19.6 Å². The van der Waals surface area contributed by atoms with Crippen molar-refractivity contribution in [3.63, 3.8) is 0 Å². The van der Waals surface area contributed by atoms with Gasteiger partial charge in [-0.3, -0.25) is 4.79 Å². The second-order valence-corrected chi connectivity index (χ2v) is 6.02. The Hall–Kier alpha value is -0.840. The fourth-order valence-corrected chi connectivity index (χ4v) is 3.40. The standard InChI is InChI=1S/C16H22O3S/c1-15(14(17)20,12-13-6-4-3-5-7-13)16(18-2)8-10-19-11-9-16/h3-7H,8-12H2,1-2H3,(H,17,20). The normalized spacial score (nSPS) is 21.1. The number of ether oxygens (including phenoxy) is 2. The van der Waals surface area contributed by atoms with Crippen LogP contribution in [-0.2, 0) is 20.7 Å². The molecular formula is C16H22O3S. The molecule has 20 heavy (non-hydrogen) atoms. The highest BCUT2D eigenvalue weighted by Gasteiger charge is 2.52. The maximum atomic E-state index is 12.3. The van der Waals surface area contributed by atoms with Gasteiger partial charge in [0.1, 0.15) is 0 Å². The molecule has 1 aliphatic heterocycles. The van der Waals surface area contributed by atoms with Crippen molar-refractivity contribution in [3.8, 4) is 0 Å². The zero-order valence-corrected chi connectivity index (χ0v) is 13.0. The molecule has 1 saturated heterocycles. The summed E-state index contributed by atoms with van der Waals surface area (Å²) in [5.74, 6) is 0. The first-order valence-electron chi connectivity index (χ1n) is 6.94. The molecule has 110 valence electrons. The summed E-state index contributed by atoms with van der Waals surface area (Å²) in [6, 6.07) is 10.0. The molecule has 0 aliphatic carbocycles. The Balaban J connectivity index is 2.35. The first kappa shape index (κ1) is 15.5. The minimum Gasteiger partial charge on any atom is -0.381 e. The maximum absolute atomic E-state index is 12.3. The molecule has 0 aromatic heterocycles. The maximum Gasteiger partial charge on any atom is 0.195 e. The third kappa shape index (κ3) is 2.78. The zero-order chi connectivity index (χ0) is 14.6. The fourth-order valence-electron chi connectivity index (χ4n) is 3.12. The summed E-state index contributed by atoms with van der Waals surface area (Å²) in [6.45, 7) is 3.21. The van der Waals surface area contributed by atoms with Crippen LogP contribution in [0.4, 0.5) is 0 Å². The Morgan fingerprint density at radius 2 is 1.95 bits per heavy atom. The lowest BCUT2D eigenvalue weighted by molar-refractivity contribution is -0.167. The number of benzene rings is 1. The molecule has 0 bridgehead atoms. The molecule has 1 unspecified atom stereocenters. The highest BCUT2D eigenvalue weighted by molar-refractivity contribution is 7.96. The summed E-state index contributed by atoms with van der Waals surface area (Å²) in [7, 11) is 1.69. The number of carbonyl (C=O) groups is 1. The Labute approximate surface area is 126 Å². The van der Waals surface area contributed by atoms with Gasteiger partial charge in [0.2, 0.25) is 0 Å². The van der Waals surface area contributed by atoms with Crippen molar-refractivity contribution >= 4 is 17.7 Å². The van der Waals surface area contributed by atoms with E-state index < -0.39 is 11.0 Å². The smallest absolute Gasteiger partial charge is 0.195 e. The van der Waals surface area contributed by atoms with Crippen LogP contribution in [0.25, 0.3) is 0 Å². The Morgan fingerprint density at radius 3 is 2.45 bits per heavy atom. The highest BCUT2D eigenvalue weighted by atomic mass is 32.1. The predicted molar refractivity (Wildman–Crippen MR) is 82.0 cm³/mol. The van der Waals surface area contributed by atoms with Crippen LogP contribution in [0, 0.1) is 5.41 Å². The van der Waals surface area contributed by atoms with Crippen LogP contribution in [0.5, 0.6) is 0 Å². The van der Waals surface area contributed by atoms with Crippen LogP contribution in [-0.4, -0.2) is 31.0 Å². The van der Waals surface area contributed by atoms with Gasteiger partial charge >= 0.3 is 0 Å². The molecule has 0 radical (unpaired) electrons. The molecule has 2 rings (SSSR count). The van der Waals surface area contributed by atoms with Crippen LogP contribution in [0.15, 0.2) is 30.3 Å². The minimum atomic E-state index is -0.657. The number of hydrogen-bond donors (Lipinski definition) is 1. The van der Waals surface area contributed by atoms with Crippen LogP contribution in [0.1, 0.15) is 25.3 Å². The van der Waals surface area contributed by atoms with Crippen molar-refractivity contribution in [1.29, 1.82) is 0 Å². The number of rotatable bonds is 5. The predicted octanol–water partition coefficient (Wildman–Crippen LogP) is 2.89. The molecule has 1 aliphatic rings. The topological polar surface area (TPSA) is 35.5 Å². The van der Waals surface area contributed by atoms with Gasteiger partial charge in [0.25, 0.3) is 0 Å². The van der Waals surface area contributed by atoms with Crippen LogP contribution in [0.3, 0.4) is 0 Å². The van der Waals surface area contributed by atoms with Gasteiger partial charge < -0.3 is 9.47 Å². The average molecular weight is 294 g/mol. The van der Waals surface area contributed by atoms with E-state index in [1.165, 1.54) is 0 Å². The second kappa shape index (κ2) is 6.29. The number of hydrogen-bond acceptors (Lipinski definition) is 3. The van der Waals surface area contributed by atoms with E-state index in [0.717, 1.165) is 18.4 Å². The molecule has 0 spiro atoms. The van der Waals surface area contributed by atoms with Crippen molar-refractivity contribution in [1.82, 2.24) is 0 Å². The summed E-state index contributed by atoms with van der Waals surface area (Å²) >= 11 is 4.17. The minimum absolute atomic E-state index is 0.120. The van der Waals surface area contributed by atoms with Gasteiger partial charge in [-0.05, 0) is 18.9 Å². The lowest BCUT2D eigenvalue weighted by Crippen LogP contribution is -2.55. The Bertz CT molecular complexity index is 454. The van der Waals surface area contributed by atoms with Crippen molar-refractivity contribution in [3.05, 3.63) is 35.9 Å². The third-order valence-electron chi connectivity index (χ3n) is 4.57. The summed E-state index contributed by atoms with van der Waals surface area (Å²) < 4.78 is 11.3. The molecule has 1 fully saturated rings. The van der Waals surface area contributed by atoms with E-state index in [9.17, 15) is 4.79 Å². The average Bonchev–Trinajstić information content (AvgIpc) is 2.48. The molecule has 0 amide bonds. The van der Waals surface area contributed by atoms with Crippen molar-refractivity contribution in [2.24, 2.45) is 5.41 Å². The summed E-state index contributed by atoms with van der Waals surface area (Å²) in [6.07, 6.45) is 2.07. The van der Waals surface area contributed by atoms with Crippen molar-refractivity contribution in [2.75, 3.05) is 20.3 Å². The highest BCUT2D eigenvalue weighted by Crippen LogP contribution is 2.45. The number of thiol groups is 1. The number of carbonyl (C=O) groups excluding carboxylic acids is 1. The SMILES string of the molecule is COC1(C(C)(Cc2ccccc2)C(=O)S)CCOCC1. The largest absolute Gasteiger partial charge is 0.381 e. The molecule has 1 heterocycles. The molecule has 4 heteroatoms. The van der Waals surface area contributed by atoms with Crippen molar-refractivity contribution in [2.45, 2.75) is 31.8 Å². The fraction of sp³-hybridized carbons (Fsp3) is 0.562. The molecule has 0 N–H and O–H groups in total. The first-order chi connectivity index (χ1) is 9.54. The van der Waals surface area contributed by atoms with Gasteiger partial charge in [-0.15, -0.1) is 12.6 Å². The van der Waals surface area contributed by atoms with E-state index >= 15 is 0 Å². The van der Waals surface area contributed by atoms with Gasteiger partial charge in [-0.25, -0.2) is 0 Å². The lowest BCUT2D eigenvalue weighted by Gasteiger charge is -2.48. The van der Waals surface area contributed by atoms with E-state index in [-0.39, 0.29) is 5.12 Å². The summed E-state index contributed by atoms with van der Waals surface area (Å²) in [5.41, 5.74) is -0.0315. The molecular weight excluding hydrogens is 272 g/mol. The van der Waals surface area contributed by atoms with Gasteiger partial charge in [0.15, 0.2) is 5.12 Å². The third-order valence-corrected chi connectivity index (χ3v) is 5.06. The molecule has 3 nitrogen and oxygen atoms in total. The van der Waals surface area contributed by atoms with Gasteiger partial charge in [0, 0.05) is 33.2 Å². The summed E-state index contributed by atoms with van der Waals surface area (Å²) in [4.78, 5) is 12.3. The Morgan fingerprint density at radius 1 is 1.35 bits per heavy atom. The number of methoxy groups -OCH3 is 1. The molecule has 1 atom stereocenters. The van der Waals surface area contributed by atoms with E-state index in [1.807, 2.05) is 37.3 Å². The van der Waals surface area contributed by atoms with Gasteiger partial charge in [-0.2, -0.15) is 0 Å². The molecule has 1 aromatic rings. The second-order valence-electron chi connectivity index (χ2n) is 5.61. The summed E-state index contributed by atoms with van der Waals surface area (Å²) in [5, 5.41) is -0.120. The Kier molecular flexibility index (Phi) is 4.89. The van der Waals surface area contributed by atoms with Gasteiger partial charge in [-0.1, -0.05) is 30.3 Å². The monoisotopic (exact) mass is 294 g/mol. The first-order valence-corrected chi connectivity index (χ1v) is 7.39. The van der Waals surface area contributed by atoms with Crippen LogP contribution < -0.4 is 0 Å².